The summed E-state index contributed by atoms with van der Waals surface area (Å²) in [7, 11) is 0. The lowest BCUT2D eigenvalue weighted by Crippen LogP contribution is -2.54. The van der Waals surface area contributed by atoms with Gasteiger partial charge >= 0.3 is 0 Å². The number of hydrogen-bond donors (Lipinski definition) is 2. The SMILES string of the molecule is CC1CN(C(=O)c2ccc(CNC(=O)C3(N)CCCCC3)cc2)CC(C)O1. The lowest BCUT2D eigenvalue weighted by atomic mass is 9.82. The van der Waals surface area contributed by atoms with Gasteiger partial charge in [0.05, 0.1) is 17.7 Å². The van der Waals surface area contributed by atoms with Gasteiger partial charge in [-0.25, -0.2) is 0 Å². The molecule has 2 fully saturated rings. The third kappa shape index (κ3) is 4.87. The molecule has 2 aliphatic rings. The molecular weight excluding hydrogens is 342 g/mol. The Labute approximate surface area is 161 Å². The molecule has 0 bridgehead atoms. The third-order valence-electron chi connectivity index (χ3n) is 5.56. The van der Waals surface area contributed by atoms with Crippen molar-refractivity contribution in [2.24, 2.45) is 5.73 Å². The highest BCUT2D eigenvalue weighted by Crippen LogP contribution is 2.26. The van der Waals surface area contributed by atoms with E-state index in [0.29, 0.717) is 25.2 Å². The lowest BCUT2D eigenvalue weighted by Gasteiger charge is -2.35. The quantitative estimate of drug-likeness (QED) is 0.847. The minimum Gasteiger partial charge on any atom is -0.372 e. The van der Waals surface area contributed by atoms with Crippen molar-refractivity contribution in [1.29, 1.82) is 0 Å². The van der Waals surface area contributed by atoms with Crippen LogP contribution < -0.4 is 11.1 Å². The van der Waals surface area contributed by atoms with Gasteiger partial charge in [-0.2, -0.15) is 0 Å². The molecule has 1 aromatic rings. The highest BCUT2D eigenvalue weighted by Gasteiger charge is 2.35. The van der Waals surface area contributed by atoms with Gasteiger partial charge in [-0.1, -0.05) is 31.4 Å². The van der Waals surface area contributed by atoms with Crippen molar-refractivity contribution < 1.29 is 14.3 Å². The molecule has 1 aromatic carbocycles. The highest BCUT2D eigenvalue weighted by atomic mass is 16.5. The molecule has 2 atom stereocenters. The average molecular weight is 373 g/mol. The van der Waals surface area contributed by atoms with E-state index in [1.165, 1.54) is 0 Å². The Balaban J connectivity index is 1.55. The summed E-state index contributed by atoms with van der Waals surface area (Å²) in [4.78, 5) is 27.0. The van der Waals surface area contributed by atoms with Crippen molar-refractivity contribution in [2.45, 2.75) is 70.2 Å². The van der Waals surface area contributed by atoms with Crippen LogP contribution in [-0.2, 0) is 16.1 Å². The molecule has 1 aliphatic carbocycles. The predicted molar refractivity (Wildman–Crippen MR) is 104 cm³/mol. The molecule has 3 N–H and O–H groups in total. The molecule has 2 amide bonds. The van der Waals surface area contributed by atoms with Crippen LogP contribution >= 0.6 is 0 Å². The van der Waals surface area contributed by atoms with Crippen molar-refractivity contribution >= 4 is 11.8 Å². The van der Waals surface area contributed by atoms with Crippen LogP contribution in [0.1, 0.15) is 61.9 Å². The van der Waals surface area contributed by atoms with E-state index in [-0.39, 0.29) is 24.0 Å². The minimum atomic E-state index is -0.724. The monoisotopic (exact) mass is 373 g/mol. The first-order valence-corrected chi connectivity index (χ1v) is 9.98. The molecule has 6 heteroatoms. The van der Waals surface area contributed by atoms with Crippen molar-refractivity contribution in [3.63, 3.8) is 0 Å². The maximum absolute atomic E-state index is 12.7. The number of benzene rings is 1. The molecule has 148 valence electrons. The molecule has 1 saturated carbocycles. The van der Waals surface area contributed by atoms with Gasteiger partial charge in [0.15, 0.2) is 0 Å². The highest BCUT2D eigenvalue weighted by molar-refractivity contribution is 5.94. The Kier molecular flexibility index (Phi) is 6.17. The molecule has 0 spiro atoms. The van der Waals surface area contributed by atoms with E-state index in [0.717, 1.165) is 37.7 Å². The Morgan fingerprint density at radius 1 is 1.11 bits per heavy atom. The van der Waals surface area contributed by atoms with E-state index in [1.54, 1.807) is 0 Å². The van der Waals surface area contributed by atoms with Crippen LogP contribution in [0.25, 0.3) is 0 Å². The Hall–Kier alpha value is -1.92. The van der Waals surface area contributed by atoms with Gasteiger partial charge in [0.2, 0.25) is 5.91 Å². The zero-order chi connectivity index (χ0) is 19.4. The second-order valence-electron chi connectivity index (χ2n) is 8.06. The Morgan fingerprint density at radius 3 is 2.30 bits per heavy atom. The summed E-state index contributed by atoms with van der Waals surface area (Å²) in [6.45, 7) is 5.62. The molecule has 1 heterocycles. The number of hydrogen-bond acceptors (Lipinski definition) is 4. The summed E-state index contributed by atoms with van der Waals surface area (Å²) >= 11 is 0. The van der Waals surface area contributed by atoms with Gasteiger partial charge in [-0.3, -0.25) is 9.59 Å². The number of ether oxygens (including phenoxy) is 1. The van der Waals surface area contributed by atoms with Gasteiger partial charge < -0.3 is 20.7 Å². The first-order chi connectivity index (χ1) is 12.9. The first-order valence-electron chi connectivity index (χ1n) is 9.98. The maximum Gasteiger partial charge on any atom is 0.254 e. The van der Waals surface area contributed by atoms with Crippen molar-refractivity contribution in [3.8, 4) is 0 Å². The van der Waals surface area contributed by atoms with Crippen LogP contribution in [0, 0.1) is 0 Å². The summed E-state index contributed by atoms with van der Waals surface area (Å²) < 4.78 is 5.69. The number of amides is 2. The molecule has 2 unspecified atom stereocenters. The fraction of sp³-hybridized carbons (Fsp3) is 0.619. The zero-order valence-corrected chi connectivity index (χ0v) is 16.4. The first kappa shape index (κ1) is 19.8. The lowest BCUT2D eigenvalue weighted by molar-refractivity contribution is -0.127. The van der Waals surface area contributed by atoms with E-state index >= 15 is 0 Å². The van der Waals surface area contributed by atoms with E-state index in [2.05, 4.69) is 5.32 Å². The number of morpholine rings is 1. The van der Waals surface area contributed by atoms with Crippen molar-refractivity contribution in [3.05, 3.63) is 35.4 Å². The Bertz CT molecular complexity index is 658. The summed E-state index contributed by atoms with van der Waals surface area (Å²) in [5, 5.41) is 2.96. The van der Waals surface area contributed by atoms with E-state index in [9.17, 15) is 9.59 Å². The van der Waals surface area contributed by atoms with Crippen molar-refractivity contribution in [2.75, 3.05) is 13.1 Å². The van der Waals surface area contributed by atoms with E-state index < -0.39 is 5.54 Å². The Morgan fingerprint density at radius 2 is 1.70 bits per heavy atom. The van der Waals surface area contributed by atoms with Crippen LogP contribution in [0.3, 0.4) is 0 Å². The smallest absolute Gasteiger partial charge is 0.254 e. The van der Waals surface area contributed by atoms with Gasteiger partial charge in [0.1, 0.15) is 0 Å². The van der Waals surface area contributed by atoms with Gasteiger partial charge in [0.25, 0.3) is 5.91 Å². The number of rotatable bonds is 4. The van der Waals surface area contributed by atoms with E-state index in [1.807, 2.05) is 43.0 Å². The largest absolute Gasteiger partial charge is 0.372 e. The average Bonchev–Trinajstić information content (AvgIpc) is 2.65. The second-order valence-corrected chi connectivity index (χ2v) is 8.06. The van der Waals surface area contributed by atoms with Crippen molar-refractivity contribution in [1.82, 2.24) is 10.2 Å². The number of carbonyl (C=O) groups excluding carboxylic acids is 2. The standard InChI is InChI=1S/C21H31N3O3/c1-15-13-24(14-16(2)27-15)19(25)18-8-6-17(7-9-18)12-23-20(26)21(22)10-4-3-5-11-21/h6-9,15-16H,3-5,10-14,22H2,1-2H3,(H,23,26). The fourth-order valence-corrected chi connectivity index (χ4v) is 4.06. The molecule has 1 saturated heterocycles. The molecule has 27 heavy (non-hydrogen) atoms. The van der Waals surface area contributed by atoms with Gasteiger partial charge in [0, 0.05) is 25.2 Å². The molecule has 0 radical (unpaired) electrons. The summed E-state index contributed by atoms with van der Waals surface area (Å²) in [5.74, 6) is -0.0469. The molecule has 3 rings (SSSR count). The second kappa shape index (κ2) is 8.40. The normalized spacial score (nSPS) is 25.1. The van der Waals surface area contributed by atoms with Crippen LogP contribution in [0.15, 0.2) is 24.3 Å². The number of carbonyl (C=O) groups is 2. The maximum atomic E-state index is 12.7. The zero-order valence-electron chi connectivity index (χ0n) is 16.4. The van der Waals surface area contributed by atoms with Gasteiger partial charge in [-0.15, -0.1) is 0 Å². The van der Waals surface area contributed by atoms with Crippen LogP contribution in [0.2, 0.25) is 0 Å². The molecule has 0 aromatic heterocycles. The minimum absolute atomic E-state index is 0.0238. The predicted octanol–water partition coefficient (Wildman–Crippen LogP) is 2.21. The number of nitrogens with zero attached hydrogens (tertiary/aromatic N) is 1. The van der Waals surface area contributed by atoms with Gasteiger partial charge in [-0.05, 0) is 44.4 Å². The number of nitrogens with two attached hydrogens (primary N) is 1. The number of nitrogens with one attached hydrogen (secondary N) is 1. The topological polar surface area (TPSA) is 84.7 Å². The third-order valence-corrected chi connectivity index (χ3v) is 5.56. The summed E-state index contributed by atoms with van der Waals surface area (Å²) in [6, 6.07) is 7.44. The summed E-state index contributed by atoms with van der Waals surface area (Å²) in [6.07, 6.45) is 4.79. The summed E-state index contributed by atoms with van der Waals surface area (Å²) in [5.41, 5.74) is 7.16. The van der Waals surface area contributed by atoms with Crippen LogP contribution in [0.5, 0.6) is 0 Å². The van der Waals surface area contributed by atoms with Crippen LogP contribution in [-0.4, -0.2) is 47.6 Å². The van der Waals surface area contributed by atoms with Crippen LogP contribution in [0.4, 0.5) is 0 Å². The fourth-order valence-electron chi connectivity index (χ4n) is 4.06. The van der Waals surface area contributed by atoms with E-state index in [4.69, 9.17) is 10.5 Å². The molecule has 1 aliphatic heterocycles. The molecular formula is C21H31N3O3. The molecule has 6 nitrogen and oxygen atoms in total.